The fraction of sp³-hybridized carbons (Fsp3) is 0.556. The van der Waals surface area contributed by atoms with Gasteiger partial charge in [-0.3, -0.25) is 0 Å². The Kier molecular flexibility index (Phi) is 7.12. The molecule has 7 heteroatoms. The number of halogens is 2. The van der Waals surface area contributed by atoms with E-state index in [4.69, 9.17) is 4.74 Å². The van der Waals surface area contributed by atoms with Crippen LogP contribution < -0.4 is 15.0 Å². The van der Waals surface area contributed by atoms with Gasteiger partial charge in [-0.2, -0.15) is 4.98 Å². The summed E-state index contributed by atoms with van der Waals surface area (Å²) in [6.45, 7) is 3.88. The summed E-state index contributed by atoms with van der Waals surface area (Å²) in [7, 11) is 1.61. The molecule has 0 atom stereocenters. The van der Waals surface area contributed by atoms with E-state index in [9.17, 15) is 0 Å². The van der Waals surface area contributed by atoms with Crippen LogP contribution in [0.3, 0.4) is 0 Å². The number of hydrogen-bond donors (Lipinski definition) is 1. The molecule has 2 rings (SSSR count). The first kappa shape index (κ1) is 15.2. The number of nitrogens with one attached hydrogen (secondary N) is 1. The van der Waals surface area contributed by atoms with Crippen LogP contribution in [0.5, 0.6) is 5.88 Å². The zero-order chi connectivity index (χ0) is 9.80. The van der Waals surface area contributed by atoms with E-state index < -0.39 is 0 Å². The second-order valence-corrected chi connectivity index (χ2v) is 3.14. The summed E-state index contributed by atoms with van der Waals surface area (Å²) in [6, 6.07) is 1.76. The van der Waals surface area contributed by atoms with Gasteiger partial charge in [-0.15, -0.1) is 24.8 Å². The molecule has 92 valence electrons. The summed E-state index contributed by atoms with van der Waals surface area (Å²) < 4.78 is 5.05. The van der Waals surface area contributed by atoms with Gasteiger partial charge in [0, 0.05) is 38.4 Å². The zero-order valence-corrected chi connectivity index (χ0v) is 10.7. The van der Waals surface area contributed by atoms with Crippen molar-refractivity contribution < 1.29 is 4.74 Å². The third-order valence-corrected chi connectivity index (χ3v) is 2.23. The largest absolute Gasteiger partial charge is 0.481 e. The van der Waals surface area contributed by atoms with Crippen molar-refractivity contribution in [3.63, 3.8) is 0 Å². The third-order valence-electron chi connectivity index (χ3n) is 2.23. The molecule has 1 fully saturated rings. The number of anilines is 1. The molecule has 1 aliphatic rings. The maximum atomic E-state index is 5.05. The molecule has 0 aliphatic carbocycles. The van der Waals surface area contributed by atoms with Gasteiger partial charge in [-0.05, 0) is 0 Å². The normalized spacial score (nSPS) is 14.7. The Morgan fingerprint density at radius 3 is 2.62 bits per heavy atom. The molecule has 16 heavy (non-hydrogen) atoms. The standard InChI is InChI=1S/C9H14N4O.2ClH/c1-14-8-2-3-11-9(12-8)13-6-4-10-5-7-13;;/h2-3,10H,4-7H2,1H3;2*1H. The zero-order valence-electron chi connectivity index (χ0n) is 9.05. The van der Waals surface area contributed by atoms with Crippen molar-refractivity contribution in [3.8, 4) is 5.88 Å². The Balaban J connectivity index is 0.00000112. The summed E-state index contributed by atoms with van der Waals surface area (Å²) in [5.41, 5.74) is 0. The lowest BCUT2D eigenvalue weighted by atomic mass is 10.4. The van der Waals surface area contributed by atoms with E-state index in [1.54, 1.807) is 19.4 Å². The lowest BCUT2D eigenvalue weighted by molar-refractivity contribution is 0.396. The van der Waals surface area contributed by atoms with Gasteiger partial charge in [0.25, 0.3) is 0 Å². The van der Waals surface area contributed by atoms with Crippen LogP contribution in [0.25, 0.3) is 0 Å². The van der Waals surface area contributed by atoms with E-state index in [0.717, 1.165) is 32.1 Å². The van der Waals surface area contributed by atoms with E-state index >= 15 is 0 Å². The topological polar surface area (TPSA) is 50.3 Å². The van der Waals surface area contributed by atoms with Gasteiger partial charge < -0.3 is 15.0 Å². The minimum absolute atomic E-state index is 0. The first-order chi connectivity index (χ1) is 6.90. The quantitative estimate of drug-likeness (QED) is 0.856. The van der Waals surface area contributed by atoms with Gasteiger partial charge in [-0.1, -0.05) is 0 Å². The highest BCUT2D eigenvalue weighted by atomic mass is 35.5. The molecule has 1 saturated heterocycles. The number of ether oxygens (including phenoxy) is 1. The van der Waals surface area contributed by atoms with Crippen LogP contribution in [0.1, 0.15) is 0 Å². The molecule has 0 radical (unpaired) electrons. The molecule has 0 aromatic carbocycles. The Morgan fingerprint density at radius 1 is 1.31 bits per heavy atom. The van der Waals surface area contributed by atoms with Crippen molar-refractivity contribution in [2.75, 3.05) is 38.2 Å². The average molecular weight is 267 g/mol. The number of methoxy groups -OCH3 is 1. The second-order valence-electron chi connectivity index (χ2n) is 3.14. The molecule has 5 nitrogen and oxygen atoms in total. The van der Waals surface area contributed by atoms with Gasteiger partial charge in [0.15, 0.2) is 0 Å². The van der Waals surface area contributed by atoms with Gasteiger partial charge in [-0.25, -0.2) is 4.98 Å². The summed E-state index contributed by atoms with van der Waals surface area (Å²) in [6.07, 6.45) is 1.73. The van der Waals surface area contributed by atoms with Crippen LogP contribution in [-0.2, 0) is 0 Å². The molecule has 1 aromatic rings. The molecule has 1 aromatic heterocycles. The molecule has 0 bridgehead atoms. The minimum Gasteiger partial charge on any atom is -0.481 e. The fourth-order valence-electron chi connectivity index (χ4n) is 1.46. The van der Waals surface area contributed by atoms with Crippen molar-refractivity contribution >= 4 is 30.8 Å². The van der Waals surface area contributed by atoms with Crippen LogP contribution in [0.2, 0.25) is 0 Å². The van der Waals surface area contributed by atoms with Crippen molar-refractivity contribution in [2.24, 2.45) is 0 Å². The molecule has 2 heterocycles. The van der Waals surface area contributed by atoms with Crippen LogP contribution in [0.15, 0.2) is 12.3 Å². The van der Waals surface area contributed by atoms with Crippen molar-refractivity contribution in [2.45, 2.75) is 0 Å². The predicted octanol–water partition coefficient (Wildman–Crippen LogP) is 0.738. The minimum atomic E-state index is 0. The smallest absolute Gasteiger partial charge is 0.228 e. The Hall–Kier alpha value is -0.780. The predicted molar refractivity (Wildman–Crippen MR) is 68.2 cm³/mol. The Morgan fingerprint density at radius 2 is 2.00 bits per heavy atom. The third kappa shape index (κ3) is 3.66. The summed E-state index contributed by atoms with van der Waals surface area (Å²) in [4.78, 5) is 10.6. The summed E-state index contributed by atoms with van der Waals surface area (Å²) in [5.74, 6) is 1.37. The Labute approximate surface area is 107 Å². The van der Waals surface area contributed by atoms with Crippen LogP contribution >= 0.6 is 24.8 Å². The van der Waals surface area contributed by atoms with Crippen LogP contribution in [-0.4, -0.2) is 43.3 Å². The number of aromatic nitrogens is 2. The highest BCUT2D eigenvalue weighted by Crippen LogP contribution is 2.12. The average Bonchev–Trinajstić information content (AvgIpc) is 2.30. The molecule has 1 N–H and O–H groups in total. The SMILES string of the molecule is COc1ccnc(N2CCNCC2)n1.Cl.Cl. The molecule has 0 spiro atoms. The monoisotopic (exact) mass is 266 g/mol. The van der Waals surface area contributed by atoms with Crippen molar-refractivity contribution in [3.05, 3.63) is 12.3 Å². The Bertz CT molecular complexity index is 307. The second kappa shape index (κ2) is 7.49. The lowest BCUT2D eigenvalue weighted by Crippen LogP contribution is -2.44. The number of piperazine rings is 1. The van der Waals surface area contributed by atoms with Crippen LogP contribution in [0, 0.1) is 0 Å². The maximum absolute atomic E-state index is 5.05. The van der Waals surface area contributed by atoms with E-state index in [1.165, 1.54) is 0 Å². The van der Waals surface area contributed by atoms with E-state index in [0.29, 0.717) is 5.88 Å². The molecule has 0 amide bonds. The van der Waals surface area contributed by atoms with Crippen molar-refractivity contribution in [1.82, 2.24) is 15.3 Å². The van der Waals surface area contributed by atoms with Gasteiger partial charge in [0.05, 0.1) is 7.11 Å². The van der Waals surface area contributed by atoms with Crippen molar-refractivity contribution in [1.29, 1.82) is 0 Å². The highest BCUT2D eigenvalue weighted by molar-refractivity contribution is 5.85. The van der Waals surface area contributed by atoms with E-state index in [1.807, 2.05) is 0 Å². The first-order valence-corrected chi connectivity index (χ1v) is 4.73. The van der Waals surface area contributed by atoms with Gasteiger partial charge >= 0.3 is 0 Å². The first-order valence-electron chi connectivity index (χ1n) is 4.73. The lowest BCUT2D eigenvalue weighted by Gasteiger charge is -2.27. The highest BCUT2D eigenvalue weighted by Gasteiger charge is 2.12. The maximum Gasteiger partial charge on any atom is 0.228 e. The van der Waals surface area contributed by atoms with E-state index in [2.05, 4.69) is 20.2 Å². The van der Waals surface area contributed by atoms with Gasteiger partial charge in [0.2, 0.25) is 11.8 Å². The van der Waals surface area contributed by atoms with E-state index in [-0.39, 0.29) is 24.8 Å². The molecule has 0 unspecified atom stereocenters. The molecular formula is C9H16Cl2N4O. The number of rotatable bonds is 2. The fourth-order valence-corrected chi connectivity index (χ4v) is 1.46. The molecule has 0 saturated carbocycles. The van der Waals surface area contributed by atoms with Crippen LogP contribution in [0.4, 0.5) is 5.95 Å². The number of hydrogen-bond acceptors (Lipinski definition) is 5. The number of nitrogens with zero attached hydrogens (tertiary/aromatic N) is 3. The van der Waals surface area contributed by atoms with Gasteiger partial charge in [0.1, 0.15) is 0 Å². The summed E-state index contributed by atoms with van der Waals surface area (Å²) in [5, 5.41) is 3.28. The molecular weight excluding hydrogens is 251 g/mol. The molecule has 1 aliphatic heterocycles. The summed E-state index contributed by atoms with van der Waals surface area (Å²) >= 11 is 0.